The Morgan fingerprint density at radius 2 is 2.03 bits per heavy atom. The van der Waals surface area contributed by atoms with E-state index in [-0.39, 0.29) is 11.5 Å². The number of pyridine rings is 1. The average Bonchev–Trinajstić information content (AvgIpc) is 3.25. The van der Waals surface area contributed by atoms with Crippen LogP contribution in [0.4, 0.5) is 27.6 Å². The van der Waals surface area contributed by atoms with Crippen LogP contribution in [0.3, 0.4) is 0 Å². The topological polar surface area (TPSA) is 71.8 Å². The Bertz CT molecular complexity index is 1220. The molecule has 1 amide bonds. The number of anilines is 1. The first-order valence-corrected chi connectivity index (χ1v) is 9.97. The fourth-order valence-corrected chi connectivity index (χ4v) is 3.46. The monoisotopic (exact) mass is 463 g/mol. The maximum atomic E-state index is 14.6. The molecule has 11 heteroatoms. The first-order chi connectivity index (χ1) is 15.7. The van der Waals surface area contributed by atoms with E-state index >= 15 is 0 Å². The molecule has 6 nitrogen and oxygen atoms in total. The van der Waals surface area contributed by atoms with Crippen molar-refractivity contribution >= 4 is 17.2 Å². The minimum Gasteiger partial charge on any atom is -0.324 e. The Hall–Kier alpha value is -3.60. The van der Waals surface area contributed by atoms with Gasteiger partial charge in [-0.1, -0.05) is 18.2 Å². The number of carbonyl (C=O) groups excluding carboxylic acids is 1. The number of nitrogens with zero attached hydrogens (tertiary/aromatic N) is 3. The van der Waals surface area contributed by atoms with E-state index in [0.29, 0.717) is 11.8 Å². The first-order valence-electron chi connectivity index (χ1n) is 9.97. The van der Waals surface area contributed by atoms with Crippen LogP contribution in [0.25, 0.3) is 11.4 Å². The Kier molecular flexibility index (Phi) is 6.23. The summed E-state index contributed by atoms with van der Waals surface area (Å²) < 4.78 is 68.7. The number of benzene rings is 1. The number of imidazole rings is 1. The van der Waals surface area contributed by atoms with E-state index < -0.39 is 41.3 Å². The second-order valence-electron chi connectivity index (χ2n) is 7.38. The summed E-state index contributed by atoms with van der Waals surface area (Å²) in [5.41, 5.74) is -0.151. The highest BCUT2D eigenvalue weighted by Crippen LogP contribution is 2.32. The van der Waals surface area contributed by atoms with Gasteiger partial charge < -0.3 is 10.6 Å². The number of alkyl halides is 3. The molecular formula is C22H18F5N5O. The van der Waals surface area contributed by atoms with Gasteiger partial charge in [-0.3, -0.25) is 9.36 Å². The Morgan fingerprint density at radius 1 is 1.21 bits per heavy atom. The van der Waals surface area contributed by atoms with E-state index in [9.17, 15) is 26.7 Å². The van der Waals surface area contributed by atoms with Gasteiger partial charge in [0.05, 0.1) is 29.6 Å². The third-order valence-corrected chi connectivity index (χ3v) is 5.06. The molecule has 0 spiro atoms. The SMILES string of the molecule is O=C(Cc1cccc(C(F)(F)F)c1F)Nc1cnc(-n2cnc(C3=CCNCC3)c2)c(F)c1. The van der Waals surface area contributed by atoms with Gasteiger partial charge in [-0.15, -0.1) is 0 Å². The van der Waals surface area contributed by atoms with Gasteiger partial charge in [0.25, 0.3) is 0 Å². The van der Waals surface area contributed by atoms with E-state index in [1.165, 1.54) is 17.1 Å². The van der Waals surface area contributed by atoms with Crippen LogP contribution in [0.1, 0.15) is 23.2 Å². The highest BCUT2D eigenvalue weighted by molar-refractivity contribution is 5.92. The molecule has 0 radical (unpaired) electrons. The number of rotatable bonds is 5. The second kappa shape index (κ2) is 9.10. The lowest BCUT2D eigenvalue weighted by molar-refractivity contribution is -0.140. The minimum atomic E-state index is -4.88. The molecule has 0 saturated carbocycles. The van der Waals surface area contributed by atoms with Crippen molar-refractivity contribution in [3.8, 4) is 5.82 Å². The zero-order valence-electron chi connectivity index (χ0n) is 17.1. The zero-order valence-corrected chi connectivity index (χ0v) is 17.1. The van der Waals surface area contributed by atoms with Gasteiger partial charge in [0, 0.05) is 18.8 Å². The number of aromatic nitrogens is 3. The number of carbonyl (C=O) groups is 1. The molecule has 172 valence electrons. The molecule has 0 bridgehead atoms. The van der Waals surface area contributed by atoms with Gasteiger partial charge >= 0.3 is 6.18 Å². The van der Waals surface area contributed by atoms with Gasteiger partial charge in [-0.25, -0.2) is 18.7 Å². The average molecular weight is 463 g/mol. The smallest absolute Gasteiger partial charge is 0.324 e. The summed E-state index contributed by atoms with van der Waals surface area (Å²) in [5, 5.41) is 5.51. The molecule has 2 N–H and O–H groups in total. The molecule has 4 rings (SSSR count). The van der Waals surface area contributed by atoms with Crippen LogP contribution in [0.5, 0.6) is 0 Å². The van der Waals surface area contributed by atoms with Gasteiger partial charge in [0.2, 0.25) is 5.91 Å². The fraction of sp³-hybridized carbons (Fsp3) is 0.227. The maximum Gasteiger partial charge on any atom is 0.419 e. The maximum absolute atomic E-state index is 14.6. The van der Waals surface area contributed by atoms with Gasteiger partial charge in [-0.05, 0) is 30.2 Å². The number of nitrogens with one attached hydrogen (secondary N) is 2. The van der Waals surface area contributed by atoms with Crippen molar-refractivity contribution in [2.45, 2.75) is 19.0 Å². The van der Waals surface area contributed by atoms with Crippen LogP contribution in [-0.2, 0) is 17.4 Å². The number of halogens is 5. The predicted molar refractivity (Wildman–Crippen MR) is 111 cm³/mol. The Labute approximate surface area is 185 Å². The third kappa shape index (κ3) is 5.08. The molecule has 0 aliphatic carbocycles. The molecule has 2 aromatic heterocycles. The van der Waals surface area contributed by atoms with E-state index in [1.807, 2.05) is 6.08 Å². The number of hydrogen-bond donors (Lipinski definition) is 2. The second-order valence-corrected chi connectivity index (χ2v) is 7.38. The molecular weight excluding hydrogens is 445 g/mol. The largest absolute Gasteiger partial charge is 0.419 e. The molecule has 0 unspecified atom stereocenters. The highest BCUT2D eigenvalue weighted by atomic mass is 19.4. The standard InChI is InChI=1S/C22H18F5N5O/c23-17-9-15(31-19(33)8-14-2-1-3-16(20(14)24)22(25,26)27)10-29-21(17)32-11-18(30-12-32)13-4-6-28-7-5-13/h1-4,9-12,28H,5-8H2,(H,31,33). The molecule has 3 heterocycles. The van der Waals surface area contributed by atoms with Gasteiger partial charge in [0.1, 0.15) is 12.1 Å². The normalized spacial score (nSPS) is 14.2. The predicted octanol–water partition coefficient (Wildman–Crippen LogP) is 4.12. The van der Waals surface area contributed by atoms with Crippen molar-refractivity contribution in [3.63, 3.8) is 0 Å². The minimum absolute atomic E-state index is 0.0185. The lowest BCUT2D eigenvalue weighted by Crippen LogP contribution is -2.20. The van der Waals surface area contributed by atoms with Crippen molar-refractivity contribution in [1.82, 2.24) is 19.9 Å². The summed E-state index contributed by atoms with van der Waals surface area (Å²) in [5.74, 6) is -3.11. The van der Waals surface area contributed by atoms with Crippen LogP contribution in [-0.4, -0.2) is 33.5 Å². The summed E-state index contributed by atoms with van der Waals surface area (Å²) in [4.78, 5) is 20.5. The van der Waals surface area contributed by atoms with E-state index in [0.717, 1.165) is 43.3 Å². The lowest BCUT2D eigenvalue weighted by atomic mass is 10.1. The van der Waals surface area contributed by atoms with E-state index in [4.69, 9.17) is 0 Å². The molecule has 1 aliphatic rings. The van der Waals surface area contributed by atoms with Crippen LogP contribution in [0, 0.1) is 11.6 Å². The highest BCUT2D eigenvalue weighted by Gasteiger charge is 2.35. The molecule has 0 saturated heterocycles. The van der Waals surface area contributed by atoms with Gasteiger partial charge in [-0.2, -0.15) is 13.2 Å². The Balaban J connectivity index is 1.46. The molecule has 0 fully saturated rings. The zero-order chi connectivity index (χ0) is 23.6. The first kappa shape index (κ1) is 22.6. The molecule has 0 atom stereocenters. The van der Waals surface area contributed by atoms with Crippen molar-refractivity contribution in [2.75, 3.05) is 18.4 Å². The molecule has 1 aliphatic heterocycles. The van der Waals surface area contributed by atoms with Crippen molar-refractivity contribution in [2.24, 2.45) is 0 Å². The summed E-state index contributed by atoms with van der Waals surface area (Å²) in [6, 6.07) is 3.72. The summed E-state index contributed by atoms with van der Waals surface area (Å²) in [6.45, 7) is 1.55. The van der Waals surface area contributed by atoms with Crippen molar-refractivity contribution in [1.29, 1.82) is 0 Å². The van der Waals surface area contributed by atoms with Crippen molar-refractivity contribution < 1.29 is 26.7 Å². The summed E-state index contributed by atoms with van der Waals surface area (Å²) in [6.07, 6.45) is 1.54. The van der Waals surface area contributed by atoms with Gasteiger partial charge in [0.15, 0.2) is 11.6 Å². The van der Waals surface area contributed by atoms with Crippen molar-refractivity contribution in [3.05, 3.63) is 77.5 Å². The Morgan fingerprint density at radius 3 is 2.73 bits per heavy atom. The van der Waals surface area contributed by atoms with Crippen LogP contribution >= 0.6 is 0 Å². The van der Waals surface area contributed by atoms with E-state index in [1.54, 1.807) is 6.20 Å². The van der Waals surface area contributed by atoms with Crippen LogP contribution in [0.15, 0.2) is 49.1 Å². The van der Waals surface area contributed by atoms with Crippen LogP contribution in [0.2, 0.25) is 0 Å². The summed E-state index contributed by atoms with van der Waals surface area (Å²) >= 11 is 0. The number of amides is 1. The lowest BCUT2D eigenvalue weighted by Gasteiger charge is -2.12. The fourth-order valence-electron chi connectivity index (χ4n) is 3.46. The molecule has 1 aromatic carbocycles. The summed E-state index contributed by atoms with van der Waals surface area (Å²) in [7, 11) is 0. The van der Waals surface area contributed by atoms with E-state index in [2.05, 4.69) is 20.6 Å². The van der Waals surface area contributed by atoms with Crippen LogP contribution < -0.4 is 10.6 Å². The quantitative estimate of drug-likeness (QED) is 0.559. The molecule has 33 heavy (non-hydrogen) atoms. The number of hydrogen-bond acceptors (Lipinski definition) is 4. The molecule has 3 aromatic rings. The third-order valence-electron chi connectivity index (χ3n) is 5.06.